The summed E-state index contributed by atoms with van der Waals surface area (Å²) in [4.78, 5) is 10.6. The number of carbonyl (C=O) groups excluding carboxylic acids is 1. The molecule has 0 fully saturated rings. The third-order valence-corrected chi connectivity index (χ3v) is 5.18. The average Bonchev–Trinajstić information content (AvgIpc) is 2.82. The van der Waals surface area contributed by atoms with E-state index in [2.05, 4.69) is 28.1 Å². The largest absolute Gasteiger partial charge is 0.504 e. The van der Waals surface area contributed by atoms with Crippen LogP contribution in [-0.2, 0) is 17.6 Å². The lowest BCUT2D eigenvalue weighted by Gasteiger charge is -2.13. The van der Waals surface area contributed by atoms with Crippen LogP contribution in [0.5, 0.6) is 11.5 Å². The van der Waals surface area contributed by atoms with Crippen LogP contribution < -0.4 is 16.0 Å². The molecule has 168 valence electrons. The van der Waals surface area contributed by atoms with Crippen molar-refractivity contribution in [3.63, 3.8) is 0 Å². The van der Waals surface area contributed by atoms with Gasteiger partial charge in [0, 0.05) is 12.2 Å². The van der Waals surface area contributed by atoms with Crippen LogP contribution in [-0.4, -0.2) is 41.4 Å². The Hall–Kier alpha value is -3.55. The maximum Gasteiger partial charge on any atom is 0.211 e. The number of phenols is 2. The number of phenolic OH excluding ortho intramolecular Hbond substituents is 2. The maximum absolute atomic E-state index is 10.6. The van der Waals surface area contributed by atoms with Crippen LogP contribution in [0.25, 0.3) is 0 Å². The predicted octanol–water partition coefficient (Wildman–Crippen LogP) is 3.19. The molecule has 3 rings (SSSR count). The Morgan fingerprint density at radius 2 is 1.56 bits per heavy atom. The van der Waals surface area contributed by atoms with E-state index in [9.17, 15) is 20.1 Å². The Labute approximate surface area is 187 Å². The van der Waals surface area contributed by atoms with Gasteiger partial charge in [-0.3, -0.25) is 4.79 Å². The lowest BCUT2D eigenvalue weighted by Crippen LogP contribution is -2.20. The van der Waals surface area contributed by atoms with Gasteiger partial charge >= 0.3 is 0 Å². The van der Waals surface area contributed by atoms with E-state index < -0.39 is 6.10 Å². The summed E-state index contributed by atoms with van der Waals surface area (Å²) in [7, 11) is 0. The van der Waals surface area contributed by atoms with Crippen LogP contribution >= 0.6 is 0 Å². The summed E-state index contributed by atoms with van der Waals surface area (Å²) in [5.74, 6) is -0.585. The molecule has 0 radical (unpaired) electrons. The van der Waals surface area contributed by atoms with Crippen LogP contribution in [0.1, 0.15) is 22.8 Å². The summed E-state index contributed by atoms with van der Waals surface area (Å²) in [6, 6.07) is 20.9. The van der Waals surface area contributed by atoms with Crippen molar-refractivity contribution in [2.45, 2.75) is 18.9 Å². The molecule has 3 aromatic rings. The van der Waals surface area contributed by atoms with E-state index in [1.54, 1.807) is 6.07 Å². The molecule has 3 aromatic carbocycles. The first-order valence-corrected chi connectivity index (χ1v) is 10.6. The highest BCUT2D eigenvalue weighted by Crippen LogP contribution is 2.34. The van der Waals surface area contributed by atoms with E-state index >= 15 is 0 Å². The SMILES string of the molecule is O=CNc1cc(CCNCCc2ccc(NC[C@H](O)c3ccccc3)cc2)cc(O)c1O. The first kappa shape index (κ1) is 23.1. The molecule has 7 heteroatoms. The number of hydrogen-bond acceptors (Lipinski definition) is 6. The zero-order valence-corrected chi connectivity index (χ0v) is 17.8. The topological polar surface area (TPSA) is 114 Å². The number of benzene rings is 3. The zero-order valence-electron chi connectivity index (χ0n) is 17.8. The Bertz CT molecular complexity index is 994. The van der Waals surface area contributed by atoms with Gasteiger partial charge in [0.15, 0.2) is 11.5 Å². The molecule has 0 bridgehead atoms. The Morgan fingerprint density at radius 1 is 0.875 bits per heavy atom. The van der Waals surface area contributed by atoms with Crippen LogP contribution in [0.3, 0.4) is 0 Å². The van der Waals surface area contributed by atoms with Gasteiger partial charge < -0.3 is 31.3 Å². The minimum atomic E-state index is -0.555. The molecule has 0 heterocycles. The fourth-order valence-corrected chi connectivity index (χ4v) is 3.38. The molecule has 1 amide bonds. The first-order valence-electron chi connectivity index (χ1n) is 10.6. The van der Waals surface area contributed by atoms with Crippen molar-refractivity contribution in [2.24, 2.45) is 0 Å². The molecule has 32 heavy (non-hydrogen) atoms. The standard InChI is InChI=1S/C25H29N3O4/c29-17-28-22-14-19(15-23(30)25(22)32)11-13-26-12-10-18-6-8-21(9-7-18)27-16-24(31)20-4-2-1-3-5-20/h1-9,14-15,17,24,26-27,30-32H,10-13,16H2,(H,28,29)/t24-/m0/s1. The summed E-state index contributed by atoms with van der Waals surface area (Å²) in [5.41, 5.74) is 4.06. The van der Waals surface area contributed by atoms with Gasteiger partial charge in [-0.15, -0.1) is 0 Å². The second-order valence-corrected chi connectivity index (χ2v) is 7.53. The van der Waals surface area contributed by atoms with E-state index in [1.807, 2.05) is 42.5 Å². The highest BCUT2D eigenvalue weighted by molar-refractivity contribution is 5.77. The monoisotopic (exact) mass is 435 g/mol. The number of rotatable bonds is 12. The van der Waals surface area contributed by atoms with E-state index in [4.69, 9.17) is 0 Å². The van der Waals surface area contributed by atoms with Crippen molar-refractivity contribution < 1.29 is 20.1 Å². The summed E-state index contributed by atoms with van der Waals surface area (Å²) >= 11 is 0. The van der Waals surface area contributed by atoms with Crippen molar-refractivity contribution in [1.82, 2.24) is 5.32 Å². The predicted molar refractivity (Wildman–Crippen MR) is 126 cm³/mol. The molecule has 0 aliphatic heterocycles. The molecule has 7 nitrogen and oxygen atoms in total. The van der Waals surface area contributed by atoms with Gasteiger partial charge in [0.05, 0.1) is 11.8 Å². The third-order valence-electron chi connectivity index (χ3n) is 5.18. The van der Waals surface area contributed by atoms with Gasteiger partial charge in [0.1, 0.15) is 0 Å². The average molecular weight is 436 g/mol. The molecule has 6 N–H and O–H groups in total. The smallest absolute Gasteiger partial charge is 0.211 e. The minimum Gasteiger partial charge on any atom is -0.504 e. The molecular weight excluding hydrogens is 406 g/mol. The van der Waals surface area contributed by atoms with Gasteiger partial charge in [-0.2, -0.15) is 0 Å². The number of carbonyl (C=O) groups is 1. The summed E-state index contributed by atoms with van der Waals surface area (Å²) < 4.78 is 0. The van der Waals surface area contributed by atoms with Gasteiger partial charge in [0.2, 0.25) is 6.41 Å². The summed E-state index contributed by atoms with van der Waals surface area (Å²) in [6.45, 7) is 1.94. The second-order valence-electron chi connectivity index (χ2n) is 7.53. The molecule has 0 aliphatic carbocycles. The van der Waals surface area contributed by atoms with Gasteiger partial charge in [-0.05, 0) is 66.9 Å². The van der Waals surface area contributed by atoms with Gasteiger partial charge in [0.25, 0.3) is 0 Å². The lowest BCUT2D eigenvalue weighted by atomic mass is 10.1. The quantitative estimate of drug-likeness (QED) is 0.148. The Kier molecular flexibility index (Phi) is 8.48. The number of amides is 1. The number of nitrogens with one attached hydrogen (secondary N) is 3. The van der Waals surface area contributed by atoms with E-state index in [0.717, 1.165) is 29.8 Å². The number of anilines is 2. The molecule has 1 atom stereocenters. The molecular formula is C25H29N3O4. The van der Waals surface area contributed by atoms with Crippen LogP contribution in [0.15, 0.2) is 66.7 Å². The molecule has 0 saturated carbocycles. The maximum atomic E-state index is 10.6. The van der Waals surface area contributed by atoms with Gasteiger partial charge in [-0.25, -0.2) is 0 Å². The van der Waals surface area contributed by atoms with Crippen LogP contribution in [0.2, 0.25) is 0 Å². The van der Waals surface area contributed by atoms with Crippen molar-refractivity contribution in [1.29, 1.82) is 0 Å². The summed E-state index contributed by atoms with van der Waals surface area (Å²) in [6.07, 6.45) is 1.42. The Morgan fingerprint density at radius 3 is 2.25 bits per heavy atom. The highest BCUT2D eigenvalue weighted by atomic mass is 16.3. The fraction of sp³-hybridized carbons (Fsp3) is 0.240. The van der Waals surface area contributed by atoms with Crippen molar-refractivity contribution in [3.8, 4) is 11.5 Å². The molecule has 0 aliphatic rings. The lowest BCUT2D eigenvalue weighted by molar-refractivity contribution is -0.105. The van der Waals surface area contributed by atoms with Crippen LogP contribution in [0, 0.1) is 0 Å². The molecule has 0 spiro atoms. The normalized spacial score (nSPS) is 11.7. The second kappa shape index (κ2) is 11.7. The highest BCUT2D eigenvalue weighted by Gasteiger charge is 2.09. The first-order chi connectivity index (χ1) is 15.6. The molecule has 0 saturated heterocycles. The zero-order chi connectivity index (χ0) is 22.8. The van der Waals surface area contributed by atoms with Crippen molar-refractivity contribution in [2.75, 3.05) is 30.3 Å². The van der Waals surface area contributed by atoms with E-state index in [-0.39, 0.29) is 17.2 Å². The van der Waals surface area contributed by atoms with Crippen molar-refractivity contribution >= 4 is 17.8 Å². The van der Waals surface area contributed by atoms with E-state index in [0.29, 0.717) is 25.9 Å². The third kappa shape index (κ3) is 6.73. The van der Waals surface area contributed by atoms with Gasteiger partial charge in [-0.1, -0.05) is 42.5 Å². The number of aromatic hydroxyl groups is 2. The number of aliphatic hydroxyl groups is 1. The number of aliphatic hydroxyl groups excluding tert-OH is 1. The summed E-state index contributed by atoms with van der Waals surface area (Å²) in [5, 5.41) is 38.7. The van der Waals surface area contributed by atoms with E-state index in [1.165, 1.54) is 11.6 Å². The minimum absolute atomic E-state index is 0.194. The fourth-order valence-electron chi connectivity index (χ4n) is 3.38. The van der Waals surface area contributed by atoms with Crippen molar-refractivity contribution in [3.05, 3.63) is 83.4 Å². The van der Waals surface area contributed by atoms with Crippen LogP contribution in [0.4, 0.5) is 11.4 Å². The molecule has 0 unspecified atom stereocenters. The molecule has 0 aromatic heterocycles. The number of hydrogen-bond donors (Lipinski definition) is 6. The Balaban J connectivity index is 1.38.